The predicted octanol–water partition coefficient (Wildman–Crippen LogP) is 2.39. The molecule has 0 bridgehead atoms. The van der Waals surface area contributed by atoms with Crippen molar-refractivity contribution in [2.45, 2.75) is 19.8 Å². The number of halogens is 1. The average Bonchev–Trinajstić information content (AvgIpc) is 2.44. The monoisotopic (exact) mass is 275 g/mol. The maximum atomic E-state index is 12.8. The van der Waals surface area contributed by atoms with Crippen molar-refractivity contribution in [2.24, 2.45) is 5.41 Å². The first kappa shape index (κ1) is 14.5. The Hall–Kier alpha value is -1.93. The largest absolute Gasteiger partial charge is 0.325 e. The average molecular weight is 275 g/mol. The first-order valence-corrected chi connectivity index (χ1v) is 6.70. The normalized spacial score (nSPS) is 18.2. The fraction of sp³-hybridized carbons (Fsp3) is 0.467. The van der Waals surface area contributed by atoms with Crippen molar-refractivity contribution in [2.75, 3.05) is 25.0 Å². The number of likely N-dealkylation sites (tertiary alicyclic amines) is 1. The van der Waals surface area contributed by atoms with Crippen LogP contribution in [0.15, 0.2) is 24.3 Å². The number of rotatable bonds is 3. The Kier molecular flexibility index (Phi) is 4.35. The minimum Gasteiger partial charge on any atom is -0.325 e. The minimum atomic E-state index is -0.324. The molecule has 0 aromatic heterocycles. The van der Waals surface area contributed by atoms with Crippen molar-refractivity contribution in [1.82, 2.24) is 4.90 Å². The minimum absolute atomic E-state index is 0.114. The van der Waals surface area contributed by atoms with Gasteiger partial charge in [0.05, 0.1) is 18.0 Å². The highest BCUT2D eigenvalue weighted by Gasteiger charge is 2.30. The number of nitrogens with one attached hydrogen (secondary N) is 1. The van der Waals surface area contributed by atoms with Gasteiger partial charge in [0, 0.05) is 18.8 Å². The highest BCUT2D eigenvalue weighted by atomic mass is 19.1. The zero-order valence-corrected chi connectivity index (χ0v) is 11.5. The molecule has 1 N–H and O–H groups in total. The summed E-state index contributed by atoms with van der Waals surface area (Å²) in [5.41, 5.74) is 0.333. The van der Waals surface area contributed by atoms with E-state index < -0.39 is 0 Å². The summed E-state index contributed by atoms with van der Waals surface area (Å²) in [6, 6.07) is 8.04. The number of nitriles is 1. The molecule has 1 aliphatic heterocycles. The summed E-state index contributed by atoms with van der Waals surface area (Å²) in [7, 11) is 0. The predicted molar refractivity (Wildman–Crippen MR) is 74.4 cm³/mol. The molecular formula is C15H18FN3O. The van der Waals surface area contributed by atoms with Gasteiger partial charge in [-0.25, -0.2) is 4.39 Å². The van der Waals surface area contributed by atoms with Gasteiger partial charge in [-0.15, -0.1) is 0 Å². The molecule has 2 rings (SSSR count). The molecule has 1 aliphatic rings. The Labute approximate surface area is 118 Å². The van der Waals surface area contributed by atoms with Gasteiger partial charge in [0.25, 0.3) is 0 Å². The van der Waals surface area contributed by atoms with Crippen LogP contribution in [-0.4, -0.2) is 30.4 Å². The van der Waals surface area contributed by atoms with E-state index in [0.717, 1.165) is 25.9 Å². The second kappa shape index (κ2) is 6.02. The third kappa shape index (κ3) is 3.78. The lowest BCUT2D eigenvalue weighted by molar-refractivity contribution is -0.117. The second-order valence-corrected chi connectivity index (χ2v) is 5.50. The molecular weight excluding hydrogens is 257 g/mol. The molecule has 20 heavy (non-hydrogen) atoms. The van der Waals surface area contributed by atoms with E-state index in [2.05, 4.69) is 11.4 Å². The maximum Gasteiger partial charge on any atom is 0.238 e. The molecule has 106 valence electrons. The van der Waals surface area contributed by atoms with Gasteiger partial charge in [-0.3, -0.25) is 9.69 Å². The van der Waals surface area contributed by atoms with Gasteiger partial charge in [-0.05, 0) is 44.0 Å². The summed E-state index contributed by atoms with van der Waals surface area (Å²) in [6.45, 7) is 3.77. The van der Waals surface area contributed by atoms with Crippen LogP contribution in [-0.2, 0) is 4.79 Å². The van der Waals surface area contributed by atoms with Crippen LogP contribution in [0.25, 0.3) is 0 Å². The smallest absolute Gasteiger partial charge is 0.238 e. The Morgan fingerprint density at radius 1 is 1.40 bits per heavy atom. The van der Waals surface area contributed by atoms with Crippen LogP contribution >= 0.6 is 0 Å². The van der Waals surface area contributed by atoms with Crippen LogP contribution in [0, 0.1) is 22.6 Å². The summed E-state index contributed by atoms with van der Waals surface area (Å²) in [6.07, 6.45) is 1.57. The summed E-state index contributed by atoms with van der Waals surface area (Å²) >= 11 is 0. The van der Waals surface area contributed by atoms with Crippen molar-refractivity contribution >= 4 is 11.6 Å². The van der Waals surface area contributed by atoms with E-state index in [1.54, 1.807) is 0 Å². The van der Waals surface area contributed by atoms with Gasteiger partial charge >= 0.3 is 0 Å². The van der Waals surface area contributed by atoms with E-state index in [-0.39, 0.29) is 17.1 Å². The van der Waals surface area contributed by atoms with Crippen LogP contribution in [0.1, 0.15) is 19.8 Å². The maximum absolute atomic E-state index is 12.8. The Morgan fingerprint density at radius 2 is 2.00 bits per heavy atom. The number of carbonyl (C=O) groups is 1. The molecule has 1 aromatic rings. The number of hydrogen-bond donors (Lipinski definition) is 1. The Balaban J connectivity index is 1.81. The van der Waals surface area contributed by atoms with Crippen LogP contribution in [0.3, 0.4) is 0 Å². The molecule has 0 spiro atoms. The van der Waals surface area contributed by atoms with Crippen molar-refractivity contribution in [3.8, 4) is 6.07 Å². The van der Waals surface area contributed by atoms with E-state index in [9.17, 15) is 9.18 Å². The Bertz CT molecular complexity index is 513. The highest BCUT2D eigenvalue weighted by Crippen LogP contribution is 2.29. The zero-order valence-electron chi connectivity index (χ0n) is 11.5. The van der Waals surface area contributed by atoms with E-state index in [1.165, 1.54) is 24.3 Å². The number of benzene rings is 1. The highest BCUT2D eigenvalue weighted by molar-refractivity contribution is 5.92. The lowest BCUT2D eigenvalue weighted by Gasteiger charge is -2.34. The third-order valence-corrected chi connectivity index (χ3v) is 3.72. The van der Waals surface area contributed by atoms with Crippen LogP contribution in [0.2, 0.25) is 0 Å². The van der Waals surface area contributed by atoms with Crippen molar-refractivity contribution in [3.63, 3.8) is 0 Å². The Morgan fingerprint density at radius 3 is 2.55 bits per heavy atom. The fourth-order valence-electron chi connectivity index (χ4n) is 2.25. The first-order chi connectivity index (χ1) is 9.50. The van der Waals surface area contributed by atoms with Crippen molar-refractivity contribution in [3.05, 3.63) is 30.1 Å². The summed E-state index contributed by atoms with van der Waals surface area (Å²) in [5.74, 6) is -0.438. The van der Waals surface area contributed by atoms with Crippen LogP contribution in [0.5, 0.6) is 0 Å². The SMILES string of the molecule is CC1(C#N)CCN(CC(=O)Nc2ccc(F)cc2)CC1. The lowest BCUT2D eigenvalue weighted by atomic mass is 9.82. The number of anilines is 1. The fourth-order valence-corrected chi connectivity index (χ4v) is 2.25. The molecule has 0 atom stereocenters. The van der Waals surface area contributed by atoms with Gasteiger partial charge in [-0.2, -0.15) is 5.26 Å². The molecule has 1 aromatic carbocycles. The molecule has 0 unspecified atom stereocenters. The third-order valence-electron chi connectivity index (χ3n) is 3.72. The molecule has 4 nitrogen and oxygen atoms in total. The summed E-state index contributed by atoms with van der Waals surface area (Å²) in [5, 5.41) is 11.8. The molecule has 0 radical (unpaired) electrons. The molecule has 0 saturated carbocycles. The lowest BCUT2D eigenvalue weighted by Crippen LogP contribution is -2.42. The number of piperidine rings is 1. The number of amides is 1. The van der Waals surface area contributed by atoms with Crippen molar-refractivity contribution < 1.29 is 9.18 Å². The van der Waals surface area contributed by atoms with Gasteiger partial charge in [0.2, 0.25) is 5.91 Å². The molecule has 5 heteroatoms. The van der Waals surface area contributed by atoms with Crippen molar-refractivity contribution in [1.29, 1.82) is 5.26 Å². The van der Waals surface area contributed by atoms with Gasteiger partial charge in [-0.1, -0.05) is 0 Å². The van der Waals surface area contributed by atoms with Gasteiger partial charge in [0.1, 0.15) is 5.82 Å². The number of nitrogens with zero attached hydrogens (tertiary/aromatic N) is 2. The van der Waals surface area contributed by atoms with Gasteiger partial charge in [0.15, 0.2) is 0 Å². The zero-order chi connectivity index (χ0) is 14.6. The standard InChI is InChI=1S/C15H18FN3O/c1-15(11-17)6-8-19(9-7-15)10-14(20)18-13-4-2-12(16)3-5-13/h2-5H,6-10H2,1H3,(H,18,20). The van der Waals surface area contributed by atoms with E-state index in [0.29, 0.717) is 12.2 Å². The van der Waals surface area contributed by atoms with Gasteiger partial charge < -0.3 is 5.32 Å². The molecule has 1 heterocycles. The van der Waals surface area contributed by atoms with E-state index in [4.69, 9.17) is 5.26 Å². The number of carbonyl (C=O) groups excluding carboxylic acids is 1. The van der Waals surface area contributed by atoms with Crippen LogP contribution < -0.4 is 5.32 Å². The first-order valence-electron chi connectivity index (χ1n) is 6.70. The molecule has 1 fully saturated rings. The van der Waals surface area contributed by atoms with Crippen LogP contribution in [0.4, 0.5) is 10.1 Å². The topological polar surface area (TPSA) is 56.1 Å². The molecule has 1 saturated heterocycles. The molecule has 0 aliphatic carbocycles. The van der Waals surface area contributed by atoms with E-state index in [1.807, 2.05) is 11.8 Å². The van der Waals surface area contributed by atoms with E-state index >= 15 is 0 Å². The second-order valence-electron chi connectivity index (χ2n) is 5.50. The quantitative estimate of drug-likeness (QED) is 0.921. The number of hydrogen-bond acceptors (Lipinski definition) is 3. The molecule has 1 amide bonds. The summed E-state index contributed by atoms with van der Waals surface area (Å²) < 4.78 is 12.8. The summed E-state index contributed by atoms with van der Waals surface area (Å²) in [4.78, 5) is 13.9.